The van der Waals surface area contributed by atoms with Gasteiger partial charge in [-0.2, -0.15) is 0 Å². The van der Waals surface area contributed by atoms with E-state index in [1.807, 2.05) is 88.7 Å². The van der Waals surface area contributed by atoms with E-state index in [1.54, 1.807) is 22.7 Å². The highest BCUT2D eigenvalue weighted by Crippen LogP contribution is 2.42. The second-order valence-corrected chi connectivity index (χ2v) is 18.3. The molecule has 14 heteroatoms. The molecule has 298 valence electrons. The van der Waals surface area contributed by atoms with Crippen LogP contribution in [0.15, 0.2) is 59.4 Å². The van der Waals surface area contributed by atoms with Crippen molar-refractivity contribution in [2.45, 2.75) is 84.5 Å². The molecule has 56 heavy (non-hydrogen) atoms. The molecule has 3 aliphatic heterocycles. The number of rotatable bonds is 14. The van der Waals surface area contributed by atoms with Crippen molar-refractivity contribution in [1.29, 1.82) is 0 Å². The lowest BCUT2D eigenvalue weighted by Gasteiger charge is -2.54. The molecule has 0 radical (unpaired) electrons. The first-order chi connectivity index (χ1) is 26.8. The van der Waals surface area contributed by atoms with Gasteiger partial charge in [0.15, 0.2) is 5.13 Å². The molecule has 2 aromatic carbocycles. The number of aryl methyl sites for hydroxylation is 1. The minimum absolute atomic E-state index is 0.0230. The molecule has 2 aromatic heterocycles. The standard InChI is InChI=1S/C42H52N6O6S2/c1-26(28-9-11-30(12-10-28)36-27(2)43-25-56-36)44-38(51)34-18-31(49)19-48(34)39(52)37(41(3,4)5)46-35(50)8-6-7-17-54-32-15-13-29(14-16-32)33-20-55-40(45-33)47-21-42(22-47)23-53-24-42/h9-16,20,25-26,31,34,37,49H,6-8,17-19,21-24H2,1-5H3,(H,44,51)(H,46,50)/t26-,31+,34-,37+/m0/s1. The summed E-state index contributed by atoms with van der Waals surface area (Å²) in [5, 5.41) is 19.7. The van der Waals surface area contributed by atoms with E-state index in [0.29, 0.717) is 24.9 Å². The SMILES string of the molecule is Cc1ncsc1-c1ccc([C@H](C)NC(=O)[C@@H]2C[C@@H](O)CN2C(=O)[C@@H](NC(=O)CCCCOc2ccc(-c3csc(N4CC5(COC5)C4)n3)cc2)C(C)(C)C)cc1. The van der Waals surface area contributed by atoms with Crippen molar-refractivity contribution in [3.63, 3.8) is 0 Å². The molecule has 3 fully saturated rings. The van der Waals surface area contributed by atoms with Gasteiger partial charge in [-0.05, 0) is 67.5 Å². The molecule has 4 aromatic rings. The van der Waals surface area contributed by atoms with Gasteiger partial charge in [-0.3, -0.25) is 14.4 Å². The second-order valence-electron chi connectivity index (χ2n) is 16.6. The number of hydrogen-bond donors (Lipinski definition) is 3. The smallest absolute Gasteiger partial charge is 0.246 e. The third-order valence-corrected chi connectivity index (χ3v) is 12.8. The van der Waals surface area contributed by atoms with Crippen molar-refractivity contribution in [2.24, 2.45) is 10.8 Å². The number of benzene rings is 2. The molecule has 0 unspecified atom stereocenters. The van der Waals surface area contributed by atoms with Crippen LogP contribution < -0.4 is 20.3 Å². The first-order valence-electron chi connectivity index (χ1n) is 19.4. The number of amides is 3. The predicted octanol–water partition coefficient (Wildman–Crippen LogP) is 6.00. The predicted molar refractivity (Wildman–Crippen MR) is 219 cm³/mol. The topological polar surface area (TPSA) is 146 Å². The molecule has 4 atom stereocenters. The maximum absolute atomic E-state index is 14.0. The number of hydrogen-bond acceptors (Lipinski definition) is 11. The molecular weight excluding hydrogens is 749 g/mol. The van der Waals surface area contributed by atoms with Crippen LogP contribution >= 0.6 is 22.7 Å². The molecule has 1 spiro atoms. The van der Waals surface area contributed by atoms with Crippen LogP contribution in [0.2, 0.25) is 0 Å². The molecule has 12 nitrogen and oxygen atoms in total. The molecule has 3 amide bonds. The zero-order chi connectivity index (χ0) is 39.6. The van der Waals surface area contributed by atoms with E-state index < -0.39 is 23.6 Å². The summed E-state index contributed by atoms with van der Waals surface area (Å²) >= 11 is 3.25. The van der Waals surface area contributed by atoms with Gasteiger partial charge < -0.3 is 35.0 Å². The Hall–Kier alpha value is -4.37. The Morgan fingerprint density at radius 3 is 2.38 bits per heavy atom. The van der Waals surface area contributed by atoms with Crippen molar-refractivity contribution in [1.82, 2.24) is 25.5 Å². The lowest BCUT2D eigenvalue weighted by Crippen LogP contribution is -2.66. The fourth-order valence-electron chi connectivity index (χ4n) is 7.56. The molecule has 3 saturated heterocycles. The van der Waals surface area contributed by atoms with Gasteiger partial charge in [-0.1, -0.05) is 45.0 Å². The summed E-state index contributed by atoms with van der Waals surface area (Å²) in [6, 6.07) is 13.9. The number of aromatic nitrogens is 2. The van der Waals surface area contributed by atoms with E-state index in [2.05, 4.69) is 25.9 Å². The third kappa shape index (κ3) is 8.93. The molecule has 0 bridgehead atoms. The Balaban J connectivity index is 0.861. The summed E-state index contributed by atoms with van der Waals surface area (Å²) in [7, 11) is 0. The number of nitrogens with zero attached hydrogens (tertiary/aromatic N) is 4. The van der Waals surface area contributed by atoms with Gasteiger partial charge in [0.25, 0.3) is 0 Å². The maximum atomic E-state index is 14.0. The largest absolute Gasteiger partial charge is 0.494 e. The van der Waals surface area contributed by atoms with Crippen molar-refractivity contribution in [3.8, 4) is 27.4 Å². The molecular formula is C42H52N6O6S2. The number of ether oxygens (including phenoxy) is 2. The molecule has 3 N–H and O–H groups in total. The number of likely N-dealkylation sites (tertiary alicyclic amines) is 1. The summed E-state index contributed by atoms with van der Waals surface area (Å²) in [6.07, 6.45) is 0.753. The van der Waals surface area contributed by atoms with Crippen molar-refractivity contribution in [2.75, 3.05) is 44.4 Å². The number of nitrogens with one attached hydrogen (secondary N) is 2. The molecule has 5 heterocycles. The van der Waals surface area contributed by atoms with Gasteiger partial charge in [-0.15, -0.1) is 22.7 Å². The number of unbranched alkanes of at least 4 members (excludes halogenated alkanes) is 1. The van der Waals surface area contributed by atoms with Crippen molar-refractivity contribution < 1.29 is 29.0 Å². The third-order valence-electron chi connectivity index (χ3n) is 10.9. The lowest BCUT2D eigenvalue weighted by atomic mass is 9.78. The van der Waals surface area contributed by atoms with Gasteiger partial charge in [0.1, 0.15) is 17.8 Å². The van der Waals surface area contributed by atoms with E-state index in [0.717, 1.165) is 70.1 Å². The average Bonchev–Trinajstić information content (AvgIpc) is 3.89. The maximum Gasteiger partial charge on any atom is 0.246 e. The van der Waals surface area contributed by atoms with Crippen LogP contribution in [0.1, 0.15) is 70.7 Å². The molecule has 3 aliphatic rings. The number of aliphatic hydroxyl groups excluding tert-OH is 1. The number of aliphatic hydroxyl groups is 1. The average molecular weight is 801 g/mol. The summed E-state index contributed by atoms with van der Waals surface area (Å²) in [6.45, 7) is 13.7. The fraction of sp³-hybridized carbons (Fsp3) is 0.500. The number of carbonyl (C=O) groups is 3. The highest BCUT2D eigenvalue weighted by molar-refractivity contribution is 7.14. The highest BCUT2D eigenvalue weighted by Gasteiger charge is 2.50. The van der Waals surface area contributed by atoms with Crippen LogP contribution in [-0.4, -0.2) is 95.3 Å². The monoisotopic (exact) mass is 800 g/mol. The van der Waals surface area contributed by atoms with Crippen LogP contribution in [-0.2, 0) is 19.1 Å². The Morgan fingerprint density at radius 2 is 1.73 bits per heavy atom. The van der Waals surface area contributed by atoms with Gasteiger partial charge in [-0.25, -0.2) is 9.97 Å². The van der Waals surface area contributed by atoms with E-state index in [4.69, 9.17) is 14.5 Å². The van der Waals surface area contributed by atoms with Gasteiger partial charge in [0.2, 0.25) is 17.7 Å². The second kappa shape index (κ2) is 16.6. The van der Waals surface area contributed by atoms with Crippen LogP contribution in [0.4, 0.5) is 5.13 Å². The minimum atomic E-state index is -0.876. The normalized spacial score (nSPS) is 19.9. The fourth-order valence-corrected chi connectivity index (χ4v) is 9.21. The number of anilines is 1. The Labute approximate surface area is 336 Å². The van der Waals surface area contributed by atoms with E-state index in [1.165, 1.54) is 4.90 Å². The van der Waals surface area contributed by atoms with E-state index in [9.17, 15) is 19.5 Å². The number of thiazole rings is 2. The highest BCUT2D eigenvalue weighted by atomic mass is 32.1. The van der Waals surface area contributed by atoms with Gasteiger partial charge in [0, 0.05) is 43.4 Å². The van der Waals surface area contributed by atoms with Crippen LogP contribution in [0.3, 0.4) is 0 Å². The minimum Gasteiger partial charge on any atom is -0.494 e. The summed E-state index contributed by atoms with van der Waals surface area (Å²) in [5.41, 5.74) is 6.49. The van der Waals surface area contributed by atoms with Gasteiger partial charge in [0.05, 0.1) is 59.2 Å². The van der Waals surface area contributed by atoms with E-state index >= 15 is 0 Å². The van der Waals surface area contributed by atoms with Crippen LogP contribution in [0, 0.1) is 17.8 Å². The van der Waals surface area contributed by atoms with E-state index in [-0.39, 0.29) is 43.1 Å². The summed E-state index contributed by atoms with van der Waals surface area (Å²) < 4.78 is 11.3. The summed E-state index contributed by atoms with van der Waals surface area (Å²) in [5.74, 6) is -0.207. The molecule has 0 saturated carbocycles. The Bertz CT molecular complexity index is 2000. The molecule has 7 rings (SSSR count). The van der Waals surface area contributed by atoms with Crippen molar-refractivity contribution >= 4 is 45.5 Å². The Morgan fingerprint density at radius 1 is 1.02 bits per heavy atom. The zero-order valence-corrected chi connectivity index (χ0v) is 34.4. The number of carbonyl (C=O) groups excluding carboxylic acids is 3. The zero-order valence-electron chi connectivity index (χ0n) is 32.7. The summed E-state index contributed by atoms with van der Waals surface area (Å²) in [4.78, 5) is 54.8. The lowest BCUT2D eigenvalue weighted by molar-refractivity contribution is -0.144. The van der Waals surface area contributed by atoms with Crippen LogP contribution in [0.25, 0.3) is 21.7 Å². The van der Waals surface area contributed by atoms with Crippen LogP contribution in [0.5, 0.6) is 5.75 Å². The Kier molecular flexibility index (Phi) is 11.8. The molecule has 0 aliphatic carbocycles. The van der Waals surface area contributed by atoms with Gasteiger partial charge >= 0.3 is 0 Å². The number of β-amino-alcohol motifs (C(OH)–C–C–N with tert-alkyl or cyclic N) is 1. The quantitative estimate of drug-likeness (QED) is 0.131. The van der Waals surface area contributed by atoms with Crippen molar-refractivity contribution in [3.05, 3.63) is 70.7 Å². The first-order valence-corrected chi connectivity index (χ1v) is 21.1. The first kappa shape index (κ1) is 39.8.